The van der Waals surface area contributed by atoms with Crippen LogP contribution in [0, 0.1) is 5.41 Å². The summed E-state index contributed by atoms with van der Waals surface area (Å²) >= 11 is 15.7. The molecule has 1 aromatic carbocycles. The Bertz CT molecular complexity index is 424. The molecule has 0 N–H and O–H groups in total. The molecule has 3 atom stereocenters. The molecule has 0 amide bonds. The maximum absolute atomic E-state index is 6.10. The topological polar surface area (TPSA) is 9.23 Å². The first-order chi connectivity index (χ1) is 7.97. The molecule has 3 unspecified atom stereocenters. The second kappa shape index (κ2) is 4.99. The Labute approximate surface area is 121 Å². The zero-order chi connectivity index (χ0) is 12.6. The average molecular weight is 338 g/mol. The van der Waals surface area contributed by atoms with Crippen molar-refractivity contribution in [2.75, 3.05) is 0 Å². The lowest BCUT2D eigenvalue weighted by Gasteiger charge is -2.50. The van der Waals surface area contributed by atoms with Crippen molar-refractivity contribution in [3.05, 3.63) is 28.2 Å². The molecule has 0 aromatic heterocycles. The summed E-state index contributed by atoms with van der Waals surface area (Å²) in [6.07, 6.45) is 2.28. The number of ether oxygens (including phenoxy) is 1. The summed E-state index contributed by atoms with van der Waals surface area (Å²) in [7, 11) is 0. The van der Waals surface area contributed by atoms with Crippen molar-refractivity contribution in [2.45, 2.75) is 37.6 Å². The molecular formula is C13H15BrCl2O. The molecule has 2 rings (SSSR count). The van der Waals surface area contributed by atoms with E-state index in [0.717, 1.165) is 12.8 Å². The Morgan fingerprint density at radius 2 is 2.18 bits per heavy atom. The van der Waals surface area contributed by atoms with Crippen LogP contribution < -0.4 is 4.74 Å². The van der Waals surface area contributed by atoms with Crippen LogP contribution in [0.2, 0.25) is 10.0 Å². The minimum atomic E-state index is 0.172. The third-order valence-electron chi connectivity index (χ3n) is 3.80. The van der Waals surface area contributed by atoms with Crippen LogP contribution in [0.4, 0.5) is 0 Å². The quantitative estimate of drug-likeness (QED) is 0.678. The standard InChI is InChI=1S/C13H15BrCl2O/c1-3-13(2)11(14)7-12(13)17-10-6-8(15)4-5-9(10)16/h4-6,11-12H,3,7H2,1-2H3. The van der Waals surface area contributed by atoms with Gasteiger partial charge in [0.1, 0.15) is 11.9 Å². The van der Waals surface area contributed by atoms with Crippen molar-refractivity contribution in [3.63, 3.8) is 0 Å². The molecule has 0 bridgehead atoms. The largest absolute Gasteiger partial charge is 0.488 e. The van der Waals surface area contributed by atoms with Crippen LogP contribution in [0.15, 0.2) is 18.2 Å². The zero-order valence-electron chi connectivity index (χ0n) is 9.84. The van der Waals surface area contributed by atoms with Gasteiger partial charge in [0.2, 0.25) is 0 Å². The predicted octanol–water partition coefficient (Wildman–Crippen LogP) is 5.32. The van der Waals surface area contributed by atoms with Crippen molar-refractivity contribution in [1.82, 2.24) is 0 Å². The summed E-state index contributed by atoms with van der Waals surface area (Å²) < 4.78 is 5.99. The minimum absolute atomic E-state index is 0.172. The highest BCUT2D eigenvalue weighted by atomic mass is 79.9. The molecule has 1 aliphatic rings. The summed E-state index contributed by atoms with van der Waals surface area (Å²) in [5, 5.41) is 1.27. The molecule has 1 aromatic rings. The van der Waals surface area contributed by atoms with E-state index in [1.165, 1.54) is 0 Å². The van der Waals surface area contributed by atoms with Crippen molar-refractivity contribution < 1.29 is 4.74 Å². The van der Waals surface area contributed by atoms with Crippen LogP contribution in [-0.2, 0) is 0 Å². The zero-order valence-corrected chi connectivity index (χ0v) is 12.9. The number of rotatable bonds is 3. The average Bonchev–Trinajstić information content (AvgIpc) is 2.32. The van der Waals surface area contributed by atoms with Gasteiger partial charge >= 0.3 is 0 Å². The first-order valence-electron chi connectivity index (χ1n) is 5.73. The molecule has 0 aliphatic heterocycles. The number of hydrogen-bond acceptors (Lipinski definition) is 1. The van der Waals surface area contributed by atoms with Gasteiger partial charge in [-0.3, -0.25) is 0 Å². The van der Waals surface area contributed by atoms with Crippen LogP contribution in [0.5, 0.6) is 5.75 Å². The molecule has 1 aliphatic carbocycles. The van der Waals surface area contributed by atoms with E-state index in [2.05, 4.69) is 29.8 Å². The van der Waals surface area contributed by atoms with E-state index in [1.54, 1.807) is 18.2 Å². The fourth-order valence-corrected chi connectivity index (χ4v) is 3.40. The van der Waals surface area contributed by atoms with E-state index < -0.39 is 0 Å². The number of halogens is 3. The number of hydrogen-bond donors (Lipinski definition) is 0. The van der Waals surface area contributed by atoms with Crippen molar-refractivity contribution in [3.8, 4) is 5.75 Å². The summed E-state index contributed by atoms with van der Waals surface area (Å²) in [6.45, 7) is 4.42. The van der Waals surface area contributed by atoms with Gasteiger partial charge in [-0.05, 0) is 25.0 Å². The van der Waals surface area contributed by atoms with E-state index >= 15 is 0 Å². The maximum atomic E-state index is 6.10. The van der Waals surface area contributed by atoms with Crippen LogP contribution in [-0.4, -0.2) is 10.9 Å². The van der Waals surface area contributed by atoms with Crippen LogP contribution >= 0.6 is 39.1 Å². The van der Waals surface area contributed by atoms with Crippen molar-refractivity contribution in [2.24, 2.45) is 5.41 Å². The molecular weight excluding hydrogens is 323 g/mol. The first kappa shape index (κ1) is 13.5. The van der Waals surface area contributed by atoms with Crippen LogP contribution in [0.25, 0.3) is 0 Å². The number of alkyl halides is 1. The summed E-state index contributed by atoms with van der Waals surface area (Å²) in [6, 6.07) is 5.32. The molecule has 1 saturated carbocycles. The summed E-state index contributed by atoms with van der Waals surface area (Å²) in [5.74, 6) is 0.684. The second-order valence-corrected chi connectivity index (χ2v) is 6.69. The Balaban J connectivity index is 2.14. The fraction of sp³-hybridized carbons (Fsp3) is 0.538. The van der Waals surface area contributed by atoms with E-state index in [0.29, 0.717) is 20.6 Å². The Morgan fingerprint density at radius 3 is 2.76 bits per heavy atom. The monoisotopic (exact) mass is 336 g/mol. The molecule has 1 fully saturated rings. The first-order valence-corrected chi connectivity index (χ1v) is 7.40. The third-order valence-corrected chi connectivity index (χ3v) is 5.76. The van der Waals surface area contributed by atoms with E-state index in [9.17, 15) is 0 Å². The third kappa shape index (κ3) is 2.45. The Hall–Kier alpha value is 0.0800. The Kier molecular flexibility index (Phi) is 3.96. The highest BCUT2D eigenvalue weighted by molar-refractivity contribution is 9.09. The lowest BCUT2D eigenvalue weighted by molar-refractivity contribution is -0.0242. The van der Waals surface area contributed by atoms with Gasteiger partial charge in [0.15, 0.2) is 0 Å². The molecule has 0 spiro atoms. The van der Waals surface area contributed by atoms with E-state index in [-0.39, 0.29) is 11.5 Å². The summed E-state index contributed by atoms with van der Waals surface area (Å²) in [4.78, 5) is 0.517. The smallest absolute Gasteiger partial charge is 0.139 e. The van der Waals surface area contributed by atoms with E-state index in [1.807, 2.05) is 0 Å². The van der Waals surface area contributed by atoms with Gasteiger partial charge in [0, 0.05) is 21.3 Å². The molecule has 0 radical (unpaired) electrons. The Morgan fingerprint density at radius 1 is 1.47 bits per heavy atom. The molecule has 17 heavy (non-hydrogen) atoms. The molecule has 0 heterocycles. The van der Waals surface area contributed by atoms with Crippen LogP contribution in [0.3, 0.4) is 0 Å². The van der Waals surface area contributed by atoms with Crippen molar-refractivity contribution >= 4 is 39.1 Å². The summed E-state index contributed by atoms with van der Waals surface area (Å²) in [5.41, 5.74) is 0.172. The highest BCUT2D eigenvalue weighted by Crippen LogP contribution is 2.50. The predicted molar refractivity (Wildman–Crippen MR) is 76.6 cm³/mol. The molecule has 1 nitrogen and oxygen atoms in total. The second-order valence-electron chi connectivity index (χ2n) is 4.74. The van der Waals surface area contributed by atoms with Gasteiger partial charge in [-0.1, -0.05) is 53.0 Å². The lowest BCUT2D eigenvalue weighted by Crippen LogP contribution is -2.54. The highest BCUT2D eigenvalue weighted by Gasteiger charge is 2.51. The van der Waals surface area contributed by atoms with Gasteiger partial charge in [0.05, 0.1) is 5.02 Å². The van der Waals surface area contributed by atoms with E-state index in [4.69, 9.17) is 27.9 Å². The molecule has 4 heteroatoms. The van der Waals surface area contributed by atoms with Crippen LogP contribution in [0.1, 0.15) is 26.7 Å². The van der Waals surface area contributed by atoms with Crippen molar-refractivity contribution in [1.29, 1.82) is 0 Å². The van der Waals surface area contributed by atoms with Gasteiger partial charge < -0.3 is 4.74 Å². The molecule has 0 saturated heterocycles. The van der Waals surface area contributed by atoms with Gasteiger partial charge in [-0.25, -0.2) is 0 Å². The van der Waals surface area contributed by atoms with Gasteiger partial charge in [0.25, 0.3) is 0 Å². The number of benzene rings is 1. The fourth-order valence-electron chi connectivity index (χ4n) is 2.12. The van der Waals surface area contributed by atoms with Gasteiger partial charge in [-0.15, -0.1) is 0 Å². The molecule has 94 valence electrons. The van der Waals surface area contributed by atoms with Gasteiger partial charge in [-0.2, -0.15) is 0 Å². The minimum Gasteiger partial charge on any atom is -0.488 e. The lowest BCUT2D eigenvalue weighted by atomic mass is 9.65. The normalized spacial score (nSPS) is 32.1. The SMILES string of the molecule is CCC1(C)C(Br)CC1Oc1cc(Cl)ccc1Cl. The maximum Gasteiger partial charge on any atom is 0.139 e.